The fraction of sp³-hybridized carbons (Fsp3) is 0.240. The zero-order valence-corrected chi connectivity index (χ0v) is 21.8. The summed E-state index contributed by atoms with van der Waals surface area (Å²) >= 11 is 6.99. The molecule has 0 aliphatic rings. The Bertz CT molecular complexity index is 1420. The van der Waals surface area contributed by atoms with Crippen LogP contribution < -0.4 is 4.74 Å². The lowest BCUT2D eigenvalue weighted by Gasteiger charge is -2.23. The van der Waals surface area contributed by atoms with Crippen LogP contribution >= 0.6 is 22.9 Å². The number of ether oxygens (including phenoxy) is 1. The molecule has 2 aromatic carbocycles. The number of carbonyl (C=O) groups is 3. The van der Waals surface area contributed by atoms with Crippen LogP contribution in [0.5, 0.6) is 5.75 Å². The number of alkyl halides is 6. The molecule has 0 bridgehead atoms. The lowest BCUT2D eigenvalue weighted by molar-refractivity contribution is -0.143. The van der Waals surface area contributed by atoms with Gasteiger partial charge < -0.3 is 19.8 Å². The number of nitrogens with zero attached hydrogens (tertiary/aromatic N) is 1. The van der Waals surface area contributed by atoms with Gasteiger partial charge in [0.2, 0.25) is 5.91 Å². The van der Waals surface area contributed by atoms with E-state index in [1.54, 1.807) is 0 Å². The normalized spacial score (nSPS) is 11.8. The molecule has 7 nitrogen and oxygen atoms in total. The van der Waals surface area contributed by atoms with E-state index in [1.165, 1.54) is 24.3 Å². The number of carboxylic acid groups (broad SMARTS) is 2. The molecule has 0 radical (unpaired) electrons. The summed E-state index contributed by atoms with van der Waals surface area (Å²) in [5.41, 5.74) is -2.66. The van der Waals surface area contributed by atoms with Crippen molar-refractivity contribution in [1.29, 1.82) is 0 Å². The highest BCUT2D eigenvalue weighted by molar-refractivity contribution is 7.18. The summed E-state index contributed by atoms with van der Waals surface area (Å²) < 4.78 is 84.6. The number of halogens is 7. The van der Waals surface area contributed by atoms with Gasteiger partial charge in [0.05, 0.1) is 16.0 Å². The first kappa shape index (κ1) is 30.8. The van der Waals surface area contributed by atoms with Crippen LogP contribution in [0.1, 0.15) is 38.8 Å². The first-order valence-electron chi connectivity index (χ1n) is 11.0. The summed E-state index contributed by atoms with van der Waals surface area (Å²) in [5.74, 6) is -3.77. The number of rotatable bonds is 9. The summed E-state index contributed by atoms with van der Waals surface area (Å²) in [5, 5.41) is 18.1. The molecule has 2 N–H and O–H groups in total. The Morgan fingerprint density at radius 3 is 2.00 bits per heavy atom. The minimum absolute atomic E-state index is 0.00430. The molecule has 0 atom stereocenters. The molecule has 3 rings (SSSR count). The predicted octanol–water partition coefficient (Wildman–Crippen LogP) is 6.82. The monoisotopic (exact) mass is 609 g/mol. The average Bonchev–Trinajstić information content (AvgIpc) is 3.17. The topological polar surface area (TPSA) is 104 Å². The van der Waals surface area contributed by atoms with Crippen molar-refractivity contribution in [2.45, 2.75) is 32.4 Å². The second-order valence-electron chi connectivity index (χ2n) is 8.38. The molecule has 0 saturated heterocycles. The third-order valence-electron chi connectivity index (χ3n) is 5.37. The van der Waals surface area contributed by atoms with Crippen molar-refractivity contribution in [3.8, 4) is 16.2 Å². The van der Waals surface area contributed by atoms with E-state index in [2.05, 4.69) is 0 Å². The van der Waals surface area contributed by atoms with Gasteiger partial charge in [0.25, 0.3) is 0 Å². The highest BCUT2D eigenvalue weighted by Crippen LogP contribution is 2.45. The summed E-state index contributed by atoms with van der Waals surface area (Å²) in [6.45, 7) is -0.542. The van der Waals surface area contributed by atoms with Gasteiger partial charge >= 0.3 is 24.3 Å². The molecule has 40 heavy (non-hydrogen) atoms. The van der Waals surface area contributed by atoms with E-state index in [4.69, 9.17) is 21.4 Å². The van der Waals surface area contributed by atoms with Crippen LogP contribution in [0, 0.1) is 0 Å². The maximum Gasteiger partial charge on any atom is 0.416 e. The molecule has 0 spiro atoms. The third-order valence-corrected chi connectivity index (χ3v) is 7.05. The minimum atomic E-state index is -5.05. The lowest BCUT2D eigenvalue weighted by atomic mass is 10.0. The van der Waals surface area contributed by atoms with E-state index in [1.807, 2.05) is 0 Å². The minimum Gasteiger partial charge on any atom is -0.479 e. The Morgan fingerprint density at radius 1 is 0.925 bits per heavy atom. The number of carboxylic acids is 2. The number of aliphatic carboxylic acids is 1. The van der Waals surface area contributed by atoms with E-state index >= 15 is 0 Å². The second kappa shape index (κ2) is 11.8. The van der Waals surface area contributed by atoms with Crippen LogP contribution in [-0.2, 0) is 35.0 Å². The molecule has 1 heterocycles. The van der Waals surface area contributed by atoms with E-state index in [0.29, 0.717) is 34.6 Å². The van der Waals surface area contributed by atoms with Crippen molar-refractivity contribution in [3.05, 3.63) is 74.6 Å². The van der Waals surface area contributed by atoms with Gasteiger partial charge in [-0.3, -0.25) is 4.79 Å². The summed E-state index contributed by atoms with van der Waals surface area (Å²) in [6, 6.07) is 7.16. The summed E-state index contributed by atoms with van der Waals surface area (Å²) in [7, 11) is 0. The number of thiophene rings is 1. The smallest absolute Gasteiger partial charge is 0.416 e. The molecule has 1 aromatic heterocycles. The molecule has 3 aromatic rings. The Hall–Kier alpha value is -3.78. The number of hydrogen-bond acceptors (Lipinski definition) is 5. The van der Waals surface area contributed by atoms with E-state index in [-0.39, 0.29) is 38.7 Å². The Morgan fingerprint density at radius 2 is 1.50 bits per heavy atom. The van der Waals surface area contributed by atoms with Crippen molar-refractivity contribution in [1.82, 2.24) is 4.90 Å². The first-order chi connectivity index (χ1) is 18.5. The molecule has 214 valence electrons. The van der Waals surface area contributed by atoms with Crippen LogP contribution in [0.3, 0.4) is 0 Å². The molecule has 0 unspecified atom stereocenters. The van der Waals surface area contributed by atoms with Gasteiger partial charge in [-0.2, -0.15) is 26.3 Å². The molecule has 1 amide bonds. The van der Waals surface area contributed by atoms with Gasteiger partial charge in [-0.15, -0.1) is 11.3 Å². The van der Waals surface area contributed by atoms with Gasteiger partial charge in [-0.1, -0.05) is 29.8 Å². The van der Waals surface area contributed by atoms with Crippen molar-refractivity contribution in [2.75, 3.05) is 6.61 Å². The Balaban J connectivity index is 1.95. The van der Waals surface area contributed by atoms with Crippen LogP contribution in [0.2, 0.25) is 5.02 Å². The molecule has 0 aliphatic carbocycles. The molecule has 0 aliphatic heterocycles. The summed E-state index contributed by atoms with van der Waals surface area (Å²) in [4.78, 5) is 35.7. The second-order valence-corrected chi connectivity index (χ2v) is 9.78. The fourth-order valence-corrected chi connectivity index (χ4v) is 5.03. The van der Waals surface area contributed by atoms with Crippen molar-refractivity contribution >= 4 is 40.8 Å². The maximum atomic E-state index is 13.3. The highest BCUT2D eigenvalue weighted by Gasteiger charge is 2.37. The zero-order valence-electron chi connectivity index (χ0n) is 20.2. The Labute approximate surface area is 231 Å². The third kappa shape index (κ3) is 7.45. The lowest BCUT2D eigenvalue weighted by Crippen LogP contribution is -2.28. The van der Waals surface area contributed by atoms with Crippen LogP contribution in [0.4, 0.5) is 26.3 Å². The molecule has 0 saturated carbocycles. The SMILES string of the molecule is CC(=O)N(Cc1cccc(-c2sc(C(=O)O)c(OCC(=O)O)c2Cl)c1)Cc1cc(C(F)(F)F)cc(C(F)(F)F)c1. The van der Waals surface area contributed by atoms with Crippen molar-refractivity contribution in [2.24, 2.45) is 0 Å². The van der Waals surface area contributed by atoms with Crippen LogP contribution in [-0.4, -0.2) is 39.6 Å². The fourth-order valence-electron chi connectivity index (χ4n) is 3.63. The standard InChI is InChI=1S/C25H18ClF6NO6S/c1-12(34)33(10-14-6-16(24(27,28)29)8-17(7-14)25(30,31)32)9-13-3-2-4-15(5-13)21-19(26)20(39-11-18(35)36)22(40-21)23(37)38/h2-8H,9-11H2,1H3,(H,35,36)(H,37,38). The van der Waals surface area contributed by atoms with Gasteiger partial charge in [0.15, 0.2) is 17.2 Å². The Kier molecular flexibility index (Phi) is 9.04. The highest BCUT2D eigenvalue weighted by atomic mass is 35.5. The zero-order chi connectivity index (χ0) is 30.0. The van der Waals surface area contributed by atoms with Crippen LogP contribution in [0.15, 0.2) is 42.5 Å². The van der Waals surface area contributed by atoms with E-state index in [0.717, 1.165) is 11.8 Å². The van der Waals surface area contributed by atoms with E-state index < -0.39 is 54.5 Å². The molecular weight excluding hydrogens is 592 g/mol. The quantitative estimate of drug-likeness (QED) is 0.258. The number of benzene rings is 2. The number of aromatic carboxylic acids is 1. The van der Waals surface area contributed by atoms with Gasteiger partial charge in [-0.25, -0.2) is 9.59 Å². The molecule has 15 heteroatoms. The first-order valence-corrected chi connectivity index (χ1v) is 12.2. The van der Waals surface area contributed by atoms with Gasteiger partial charge in [0, 0.05) is 20.0 Å². The van der Waals surface area contributed by atoms with Gasteiger partial charge in [0.1, 0.15) is 5.02 Å². The van der Waals surface area contributed by atoms with Crippen molar-refractivity contribution < 1.29 is 55.7 Å². The van der Waals surface area contributed by atoms with E-state index in [9.17, 15) is 45.8 Å². The molecular formula is C25H18ClF6NO6S. The molecule has 0 fully saturated rings. The van der Waals surface area contributed by atoms with Gasteiger partial charge in [-0.05, 0) is 41.0 Å². The number of amides is 1. The number of carbonyl (C=O) groups excluding carboxylic acids is 1. The van der Waals surface area contributed by atoms with Crippen LogP contribution in [0.25, 0.3) is 10.4 Å². The number of hydrogen-bond donors (Lipinski definition) is 2. The summed E-state index contributed by atoms with van der Waals surface area (Å²) in [6.07, 6.45) is -10.1. The average molecular weight is 610 g/mol. The predicted molar refractivity (Wildman–Crippen MR) is 131 cm³/mol. The van der Waals surface area contributed by atoms with Crippen molar-refractivity contribution in [3.63, 3.8) is 0 Å². The largest absolute Gasteiger partial charge is 0.479 e. The maximum absolute atomic E-state index is 13.3.